The molecule has 7 aromatic rings. The summed E-state index contributed by atoms with van der Waals surface area (Å²) in [5, 5.41) is 2.26. The first-order valence-electron chi connectivity index (χ1n) is 19.2. The molecule has 0 saturated carbocycles. The number of fused-ring (bicyclic) bond motifs is 3. The van der Waals surface area contributed by atoms with E-state index in [-0.39, 0.29) is 49.5 Å². The quantitative estimate of drug-likeness (QED) is 0.156. The van der Waals surface area contributed by atoms with E-state index in [0.29, 0.717) is 17.4 Å². The van der Waals surface area contributed by atoms with Crippen LogP contribution in [0.3, 0.4) is 0 Å². The fourth-order valence-corrected chi connectivity index (χ4v) is 7.30. The van der Waals surface area contributed by atoms with Crippen LogP contribution in [-0.2, 0) is 42.0 Å². The summed E-state index contributed by atoms with van der Waals surface area (Å²) in [6, 6.07) is 47.1. The van der Waals surface area contributed by atoms with E-state index in [9.17, 15) is 0 Å². The van der Waals surface area contributed by atoms with Gasteiger partial charge in [0.15, 0.2) is 0 Å². The van der Waals surface area contributed by atoms with Crippen LogP contribution in [0.2, 0.25) is 0 Å². The Labute approximate surface area is 346 Å². The molecular weight excluding hydrogens is 870 g/mol. The summed E-state index contributed by atoms with van der Waals surface area (Å²) >= 11 is 0. The molecule has 0 aliphatic carbocycles. The molecule has 5 nitrogen and oxygen atoms in total. The van der Waals surface area contributed by atoms with Gasteiger partial charge in [0, 0.05) is 23.2 Å². The van der Waals surface area contributed by atoms with Crippen molar-refractivity contribution in [1.29, 1.82) is 0 Å². The topological polar surface area (TPSA) is 48.6 Å². The molecule has 1 aliphatic heterocycles. The predicted molar refractivity (Wildman–Crippen MR) is 225 cm³/mol. The van der Waals surface area contributed by atoms with Crippen molar-refractivity contribution in [3.05, 3.63) is 167 Å². The molecule has 286 valence electrons. The van der Waals surface area contributed by atoms with E-state index in [1.807, 2.05) is 36.5 Å². The number of rotatable bonds is 6. The standard InChI is InChI=1S/C50H49N3O2.Pt/c1-48(2,3)35-20-23-42-41(29-35)40-22-21-38(31-43(40)53(42)44-30-36(24-25-51-44)49(4,5)6)54-39-27-34(26-37(28-39)50(7,8)9)47-52-45(32-16-12-10-13-17-32)46(55-47)33-18-14-11-15-19-33;/h10-26,28-30,45-46H,1-9H3;/q-2;+2/t45-,46+;/m1./s1. The number of aliphatic imine (C=N–C) groups is 1. The Hall–Kier alpha value is -4.99. The van der Waals surface area contributed by atoms with Crippen molar-refractivity contribution in [1.82, 2.24) is 9.55 Å². The second-order valence-electron chi connectivity index (χ2n) is 17.8. The Morgan fingerprint density at radius 3 is 1.91 bits per heavy atom. The zero-order valence-corrected chi connectivity index (χ0v) is 35.9. The van der Waals surface area contributed by atoms with E-state index in [1.54, 1.807) is 0 Å². The minimum atomic E-state index is -0.267. The molecule has 0 unspecified atom stereocenters. The molecule has 0 spiro atoms. The van der Waals surface area contributed by atoms with Crippen molar-refractivity contribution in [3.8, 4) is 17.3 Å². The summed E-state index contributed by atoms with van der Waals surface area (Å²) in [7, 11) is 0. The fourth-order valence-electron chi connectivity index (χ4n) is 7.30. The molecule has 0 N–H and O–H groups in total. The zero-order chi connectivity index (χ0) is 38.7. The smallest absolute Gasteiger partial charge is 0.510 e. The number of hydrogen-bond donors (Lipinski definition) is 0. The van der Waals surface area contributed by atoms with Gasteiger partial charge >= 0.3 is 21.1 Å². The van der Waals surface area contributed by atoms with E-state index in [4.69, 9.17) is 19.5 Å². The van der Waals surface area contributed by atoms with Gasteiger partial charge in [0.05, 0.1) is 0 Å². The van der Waals surface area contributed by atoms with Gasteiger partial charge in [-0.3, -0.25) is 4.99 Å². The molecule has 0 saturated heterocycles. The van der Waals surface area contributed by atoms with Crippen LogP contribution >= 0.6 is 0 Å². The van der Waals surface area contributed by atoms with E-state index in [1.165, 1.54) is 11.1 Å². The van der Waals surface area contributed by atoms with Gasteiger partial charge in [0.25, 0.3) is 0 Å². The largest absolute Gasteiger partial charge is 2.00 e. The number of benzene rings is 5. The Morgan fingerprint density at radius 2 is 1.25 bits per heavy atom. The van der Waals surface area contributed by atoms with Crippen LogP contribution < -0.4 is 4.74 Å². The molecule has 0 fully saturated rings. The molecule has 56 heavy (non-hydrogen) atoms. The summed E-state index contributed by atoms with van der Waals surface area (Å²) in [5.74, 6) is 2.57. The number of hydrogen-bond acceptors (Lipinski definition) is 4. The Bertz CT molecular complexity index is 2550. The molecule has 2 aromatic heterocycles. The van der Waals surface area contributed by atoms with Gasteiger partial charge in [-0.05, 0) is 62.1 Å². The van der Waals surface area contributed by atoms with Crippen LogP contribution in [0.25, 0.3) is 27.6 Å². The van der Waals surface area contributed by atoms with Gasteiger partial charge in [-0.2, -0.15) is 6.07 Å². The van der Waals surface area contributed by atoms with Crippen molar-refractivity contribution in [2.45, 2.75) is 90.7 Å². The van der Waals surface area contributed by atoms with Crippen molar-refractivity contribution in [3.63, 3.8) is 0 Å². The third kappa shape index (κ3) is 7.71. The second kappa shape index (κ2) is 14.8. The van der Waals surface area contributed by atoms with Crippen LogP contribution in [0.15, 0.2) is 126 Å². The number of pyridine rings is 1. The molecule has 0 bridgehead atoms. The van der Waals surface area contributed by atoms with Crippen LogP contribution in [-0.4, -0.2) is 15.4 Å². The minimum Gasteiger partial charge on any atom is -0.510 e. The normalized spacial score (nSPS) is 16.1. The van der Waals surface area contributed by atoms with Crippen LogP contribution in [0.4, 0.5) is 0 Å². The molecule has 2 atom stereocenters. The van der Waals surface area contributed by atoms with Crippen LogP contribution in [0, 0.1) is 12.1 Å². The monoisotopic (exact) mass is 918 g/mol. The van der Waals surface area contributed by atoms with E-state index in [2.05, 4.69) is 164 Å². The van der Waals surface area contributed by atoms with Gasteiger partial charge < -0.3 is 14.0 Å². The molecule has 1 aliphatic rings. The van der Waals surface area contributed by atoms with Gasteiger partial charge in [-0.25, -0.2) is 4.98 Å². The number of ether oxygens (including phenoxy) is 2. The first-order chi connectivity index (χ1) is 26.1. The van der Waals surface area contributed by atoms with Crippen LogP contribution in [0.1, 0.15) is 108 Å². The zero-order valence-electron chi connectivity index (χ0n) is 33.7. The van der Waals surface area contributed by atoms with Gasteiger partial charge in [0.1, 0.15) is 23.9 Å². The first-order valence-corrected chi connectivity index (χ1v) is 19.2. The molecular formula is C50H49N3O2Pt. The maximum Gasteiger partial charge on any atom is 2.00 e. The van der Waals surface area contributed by atoms with E-state index < -0.39 is 0 Å². The van der Waals surface area contributed by atoms with Crippen molar-refractivity contribution in [2.24, 2.45) is 4.99 Å². The maximum absolute atomic E-state index is 6.74. The van der Waals surface area contributed by atoms with Gasteiger partial charge in [0.2, 0.25) is 0 Å². The Kier molecular flexibility index (Phi) is 10.4. The minimum absolute atomic E-state index is 0. The fraction of sp³-hybridized carbons (Fsp3) is 0.280. The number of nitrogens with zero attached hydrogens (tertiary/aromatic N) is 3. The van der Waals surface area contributed by atoms with Crippen molar-refractivity contribution in [2.75, 3.05) is 0 Å². The average Bonchev–Trinajstić information content (AvgIpc) is 3.74. The maximum atomic E-state index is 6.74. The molecule has 8 rings (SSSR count). The van der Waals surface area contributed by atoms with Gasteiger partial charge in [-0.15, -0.1) is 29.1 Å². The molecule has 0 amide bonds. The predicted octanol–water partition coefficient (Wildman–Crippen LogP) is 12.7. The SMILES string of the molecule is CC(C)(C)c1cc(Oc2[c-]c3c(cc2)c2cc(C(C)(C)C)ccc2n3-c2cc(C(C)(C)C)ccn2)[c-]c(C2=N[C@H](c3ccccc3)[C@H](c3ccccc3)O2)c1.[Pt+2]. The summed E-state index contributed by atoms with van der Waals surface area (Å²) < 4.78 is 15.7. The molecule has 6 heteroatoms. The van der Waals surface area contributed by atoms with Crippen molar-refractivity contribution >= 4 is 27.7 Å². The van der Waals surface area contributed by atoms with Crippen LogP contribution in [0.5, 0.6) is 11.5 Å². The number of aromatic nitrogens is 2. The summed E-state index contributed by atoms with van der Waals surface area (Å²) in [4.78, 5) is 10.1. The molecule has 5 aromatic carbocycles. The molecule has 0 radical (unpaired) electrons. The average molecular weight is 919 g/mol. The summed E-state index contributed by atoms with van der Waals surface area (Å²) in [5.41, 5.74) is 8.30. The van der Waals surface area contributed by atoms with E-state index in [0.717, 1.165) is 49.9 Å². The summed E-state index contributed by atoms with van der Waals surface area (Å²) in [6.45, 7) is 20.1. The molecule has 3 heterocycles. The Morgan fingerprint density at radius 1 is 0.607 bits per heavy atom. The Balaban J connectivity index is 0.00000480. The van der Waals surface area contributed by atoms with Gasteiger partial charge in [-0.1, -0.05) is 158 Å². The second-order valence-corrected chi connectivity index (χ2v) is 17.8. The van der Waals surface area contributed by atoms with Crippen molar-refractivity contribution < 1.29 is 30.5 Å². The summed E-state index contributed by atoms with van der Waals surface area (Å²) in [6.07, 6.45) is 1.64. The third-order valence-electron chi connectivity index (χ3n) is 10.6. The third-order valence-corrected chi connectivity index (χ3v) is 10.6. The first kappa shape index (κ1) is 39.3. The van der Waals surface area contributed by atoms with E-state index >= 15 is 0 Å².